The molecule has 2 unspecified atom stereocenters. The number of aliphatic carboxylic acids is 1. The summed E-state index contributed by atoms with van der Waals surface area (Å²) in [6, 6.07) is 7.79. The minimum atomic E-state index is -1.13. The molecule has 5 nitrogen and oxygen atoms in total. The first kappa shape index (κ1) is 18.4. The Balaban J connectivity index is 0.00000192. The molecule has 1 aliphatic rings. The third-order valence-electron chi connectivity index (χ3n) is 4.68. The van der Waals surface area contributed by atoms with Crippen LogP contribution in [-0.4, -0.2) is 16.9 Å². The van der Waals surface area contributed by atoms with Crippen molar-refractivity contribution in [2.75, 3.05) is 0 Å². The van der Waals surface area contributed by atoms with Crippen molar-refractivity contribution < 1.29 is 44.3 Å². The van der Waals surface area contributed by atoms with Gasteiger partial charge < -0.3 is 15.2 Å². The second-order valence-electron chi connectivity index (χ2n) is 5.88. The number of nitrogens with one attached hydrogen (secondary N) is 1. The SMILES string of the molecule is CC1C(C)[C@H](C(=O)NCc2nc3ccccc3s2)[C@@H]1C(=O)[O-].[Na+]. The van der Waals surface area contributed by atoms with E-state index in [9.17, 15) is 14.7 Å². The summed E-state index contributed by atoms with van der Waals surface area (Å²) in [5.41, 5.74) is 0.912. The predicted octanol–water partition coefficient (Wildman–Crippen LogP) is -1.82. The Labute approximate surface area is 160 Å². The Bertz CT molecular complexity index is 700. The minimum Gasteiger partial charge on any atom is -0.550 e. The van der Waals surface area contributed by atoms with Crippen molar-refractivity contribution in [2.24, 2.45) is 23.7 Å². The molecule has 1 saturated carbocycles. The molecule has 1 aliphatic carbocycles. The average Bonchev–Trinajstić information content (AvgIpc) is 2.91. The fourth-order valence-electron chi connectivity index (χ4n) is 3.20. The van der Waals surface area contributed by atoms with E-state index in [0.717, 1.165) is 15.2 Å². The van der Waals surface area contributed by atoms with Gasteiger partial charge in [-0.15, -0.1) is 11.3 Å². The van der Waals surface area contributed by atoms with Gasteiger partial charge in [0, 0.05) is 17.8 Å². The Kier molecular flexibility index (Phi) is 5.84. The van der Waals surface area contributed by atoms with Crippen LogP contribution in [0.1, 0.15) is 18.9 Å². The third-order valence-corrected chi connectivity index (χ3v) is 5.71. The summed E-state index contributed by atoms with van der Waals surface area (Å²) >= 11 is 1.53. The quantitative estimate of drug-likeness (QED) is 0.665. The van der Waals surface area contributed by atoms with Crippen LogP contribution in [0.2, 0.25) is 0 Å². The van der Waals surface area contributed by atoms with E-state index in [1.807, 2.05) is 38.1 Å². The first-order valence-electron chi connectivity index (χ1n) is 7.32. The molecule has 1 N–H and O–H groups in total. The summed E-state index contributed by atoms with van der Waals surface area (Å²) in [4.78, 5) is 27.9. The van der Waals surface area contributed by atoms with Gasteiger partial charge in [-0.2, -0.15) is 0 Å². The number of fused-ring (bicyclic) bond motifs is 1. The number of aromatic nitrogens is 1. The molecule has 23 heavy (non-hydrogen) atoms. The van der Waals surface area contributed by atoms with E-state index in [4.69, 9.17) is 0 Å². The predicted molar refractivity (Wildman–Crippen MR) is 81.8 cm³/mol. The molecular formula is C16H17N2NaO3S. The molecule has 0 aliphatic heterocycles. The second kappa shape index (κ2) is 7.30. The number of thiazole rings is 1. The van der Waals surface area contributed by atoms with Gasteiger partial charge in [0.05, 0.1) is 16.8 Å². The van der Waals surface area contributed by atoms with Crippen molar-refractivity contribution in [1.29, 1.82) is 0 Å². The molecule has 4 atom stereocenters. The van der Waals surface area contributed by atoms with Gasteiger partial charge in [0.2, 0.25) is 5.91 Å². The Morgan fingerprint density at radius 2 is 1.87 bits per heavy atom. The number of carboxylic acids is 1. The molecular weight excluding hydrogens is 323 g/mol. The number of amides is 1. The number of hydrogen-bond donors (Lipinski definition) is 1. The number of para-hydroxylation sites is 1. The molecule has 1 amide bonds. The van der Waals surface area contributed by atoms with Crippen LogP contribution in [0.25, 0.3) is 10.2 Å². The maximum absolute atomic E-state index is 12.3. The topological polar surface area (TPSA) is 82.1 Å². The van der Waals surface area contributed by atoms with E-state index >= 15 is 0 Å². The van der Waals surface area contributed by atoms with Gasteiger partial charge in [-0.25, -0.2) is 4.98 Å². The van der Waals surface area contributed by atoms with Crippen LogP contribution in [-0.2, 0) is 16.1 Å². The van der Waals surface area contributed by atoms with E-state index in [0.29, 0.717) is 6.54 Å². The minimum absolute atomic E-state index is 0. The monoisotopic (exact) mass is 340 g/mol. The number of carbonyl (C=O) groups is 2. The smallest absolute Gasteiger partial charge is 0.550 e. The van der Waals surface area contributed by atoms with Gasteiger partial charge >= 0.3 is 29.6 Å². The zero-order chi connectivity index (χ0) is 15.9. The fourth-order valence-corrected chi connectivity index (χ4v) is 4.11. The zero-order valence-corrected chi connectivity index (χ0v) is 16.2. The number of carbonyl (C=O) groups excluding carboxylic acids is 2. The summed E-state index contributed by atoms with van der Waals surface area (Å²) in [5.74, 6) is -2.52. The largest absolute Gasteiger partial charge is 1.00 e. The Morgan fingerprint density at radius 1 is 1.22 bits per heavy atom. The molecule has 1 fully saturated rings. The molecule has 116 valence electrons. The zero-order valence-electron chi connectivity index (χ0n) is 13.4. The first-order valence-corrected chi connectivity index (χ1v) is 8.13. The van der Waals surface area contributed by atoms with Crippen molar-refractivity contribution in [1.82, 2.24) is 10.3 Å². The van der Waals surface area contributed by atoms with E-state index in [1.165, 1.54) is 11.3 Å². The summed E-state index contributed by atoms with van der Waals surface area (Å²) in [6.45, 7) is 4.09. The van der Waals surface area contributed by atoms with Crippen LogP contribution in [0.4, 0.5) is 0 Å². The second-order valence-corrected chi connectivity index (χ2v) is 7.00. The average molecular weight is 340 g/mol. The maximum atomic E-state index is 12.3. The molecule has 1 heterocycles. The Morgan fingerprint density at radius 3 is 2.52 bits per heavy atom. The molecule has 1 aromatic carbocycles. The number of hydrogen-bond acceptors (Lipinski definition) is 5. The van der Waals surface area contributed by atoms with Gasteiger partial charge in [0.15, 0.2) is 0 Å². The molecule has 3 rings (SSSR count). The standard InChI is InChI=1S/C16H18N2O3S.Na/c1-8-9(2)14(16(20)21)13(8)15(19)17-7-12-18-10-5-3-4-6-11(10)22-12;/h3-6,8-9,13-14H,7H2,1-2H3,(H,17,19)(H,20,21);/q;+1/p-1/t8?,9?,13-,14+;/m0./s1. The molecule has 0 saturated heterocycles. The molecule has 0 radical (unpaired) electrons. The molecule has 0 spiro atoms. The molecule has 2 aromatic rings. The van der Waals surface area contributed by atoms with Crippen molar-refractivity contribution in [2.45, 2.75) is 20.4 Å². The number of benzene rings is 1. The van der Waals surface area contributed by atoms with Crippen LogP contribution in [0.3, 0.4) is 0 Å². The van der Waals surface area contributed by atoms with E-state index < -0.39 is 17.8 Å². The summed E-state index contributed by atoms with van der Waals surface area (Å²) < 4.78 is 1.07. The van der Waals surface area contributed by atoms with Gasteiger partial charge in [-0.05, 0) is 24.0 Å². The van der Waals surface area contributed by atoms with Crippen molar-refractivity contribution in [3.63, 3.8) is 0 Å². The molecule has 0 bridgehead atoms. The Hall–Kier alpha value is -0.950. The number of rotatable bonds is 4. The van der Waals surface area contributed by atoms with E-state index in [-0.39, 0.29) is 47.3 Å². The summed E-state index contributed by atoms with van der Waals surface area (Å²) in [7, 11) is 0. The van der Waals surface area contributed by atoms with Crippen molar-refractivity contribution >= 4 is 33.4 Å². The van der Waals surface area contributed by atoms with Gasteiger partial charge in [0.1, 0.15) is 5.01 Å². The molecule has 7 heteroatoms. The maximum Gasteiger partial charge on any atom is 1.00 e. The molecule has 1 aromatic heterocycles. The van der Waals surface area contributed by atoms with Crippen LogP contribution in [0.5, 0.6) is 0 Å². The fraction of sp³-hybridized carbons (Fsp3) is 0.438. The first-order chi connectivity index (χ1) is 10.5. The van der Waals surface area contributed by atoms with E-state index in [1.54, 1.807) is 0 Å². The van der Waals surface area contributed by atoms with Gasteiger partial charge in [-0.1, -0.05) is 26.0 Å². The number of nitrogens with zero attached hydrogens (tertiary/aromatic N) is 1. The van der Waals surface area contributed by atoms with Gasteiger partial charge in [-0.3, -0.25) is 4.79 Å². The summed E-state index contributed by atoms with van der Waals surface area (Å²) in [5, 5.41) is 14.8. The van der Waals surface area contributed by atoms with Crippen LogP contribution < -0.4 is 40.0 Å². The summed E-state index contributed by atoms with van der Waals surface area (Å²) in [6.07, 6.45) is 0. The third kappa shape index (κ3) is 3.45. The van der Waals surface area contributed by atoms with Crippen LogP contribution in [0.15, 0.2) is 24.3 Å². The van der Waals surface area contributed by atoms with Crippen molar-refractivity contribution in [3.8, 4) is 0 Å². The normalized spacial score (nSPS) is 26.2. The number of carboxylic acid groups (broad SMARTS) is 1. The van der Waals surface area contributed by atoms with Crippen LogP contribution in [0, 0.1) is 23.7 Å². The van der Waals surface area contributed by atoms with E-state index in [2.05, 4.69) is 10.3 Å². The van der Waals surface area contributed by atoms with Crippen molar-refractivity contribution in [3.05, 3.63) is 29.3 Å². The van der Waals surface area contributed by atoms with Crippen LogP contribution >= 0.6 is 11.3 Å². The van der Waals surface area contributed by atoms with Gasteiger partial charge in [0.25, 0.3) is 0 Å².